The van der Waals surface area contributed by atoms with Crippen molar-refractivity contribution in [2.24, 2.45) is 5.73 Å². The van der Waals surface area contributed by atoms with Gasteiger partial charge in [0, 0.05) is 13.1 Å². The second kappa shape index (κ2) is 7.65. The molecule has 9 heteroatoms. The Balaban J connectivity index is 3.93. The first-order chi connectivity index (χ1) is 9.04. The molecule has 20 heavy (non-hydrogen) atoms. The lowest BCUT2D eigenvalue weighted by Crippen LogP contribution is -2.49. The van der Waals surface area contributed by atoms with E-state index >= 15 is 0 Å². The fourth-order valence-electron chi connectivity index (χ4n) is 1.07. The van der Waals surface area contributed by atoms with Crippen LogP contribution in [0, 0.1) is 0 Å². The minimum Gasteiger partial charge on any atom is -0.444 e. The lowest BCUT2D eigenvalue weighted by molar-refractivity contribution is -0.144. The maximum absolute atomic E-state index is 11.3. The van der Waals surface area contributed by atoms with Crippen molar-refractivity contribution in [1.29, 1.82) is 0 Å². The SMILES string of the molecule is CC(C)(C)OC(=O)NCCNC(=O)C(O)C(O)C(N)=O. The van der Waals surface area contributed by atoms with Gasteiger partial charge in [0.2, 0.25) is 5.91 Å². The second-order valence-corrected chi connectivity index (χ2v) is 5.01. The monoisotopic (exact) mass is 291 g/mol. The van der Waals surface area contributed by atoms with Gasteiger partial charge in [-0.3, -0.25) is 9.59 Å². The number of nitrogens with one attached hydrogen (secondary N) is 2. The van der Waals surface area contributed by atoms with Gasteiger partial charge in [0.1, 0.15) is 5.60 Å². The van der Waals surface area contributed by atoms with Gasteiger partial charge in [0.15, 0.2) is 12.2 Å². The van der Waals surface area contributed by atoms with Crippen LogP contribution >= 0.6 is 0 Å². The number of ether oxygens (including phenoxy) is 1. The van der Waals surface area contributed by atoms with Crippen molar-refractivity contribution in [2.75, 3.05) is 13.1 Å². The minimum atomic E-state index is -1.98. The molecule has 0 aliphatic heterocycles. The Kier molecular flexibility index (Phi) is 6.94. The van der Waals surface area contributed by atoms with Crippen LogP contribution in [-0.2, 0) is 14.3 Å². The number of hydrogen-bond acceptors (Lipinski definition) is 6. The molecule has 0 fully saturated rings. The summed E-state index contributed by atoms with van der Waals surface area (Å²) in [6, 6.07) is 0. The predicted octanol–water partition coefficient (Wildman–Crippen LogP) is -2.17. The van der Waals surface area contributed by atoms with Crippen molar-refractivity contribution >= 4 is 17.9 Å². The Bertz CT molecular complexity index is 366. The van der Waals surface area contributed by atoms with Gasteiger partial charge in [-0.05, 0) is 20.8 Å². The molecule has 0 radical (unpaired) electrons. The highest BCUT2D eigenvalue weighted by molar-refractivity contribution is 5.89. The fourth-order valence-corrected chi connectivity index (χ4v) is 1.07. The number of carbonyl (C=O) groups is 3. The van der Waals surface area contributed by atoms with Crippen molar-refractivity contribution in [2.45, 2.75) is 38.6 Å². The average molecular weight is 291 g/mol. The van der Waals surface area contributed by atoms with E-state index in [1.54, 1.807) is 20.8 Å². The van der Waals surface area contributed by atoms with Gasteiger partial charge in [-0.1, -0.05) is 0 Å². The van der Waals surface area contributed by atoms with Gasteiger partial charge in [0.25, 0.3) is 5.91 Å². The Morgan fingerprint density at radius 2 is 1.60 bits per heavy atom. The molecule has 0 rings (SSSR count). The largest absolute Gasteiger partial charge is 0.444 e. The summed E-state index contributed by atoms with van der Waals surface area (Å²) in [6.45, 7) is 5.16. The summed E-state index contributed by atoms with van der Waals surface area (Å²) >= 11 is 0. The highest BCUT2D eigenvalue weighted by atomic mass is 16.6. The van der Waals surface area contributed by atoms with E-state index in [1.165, 1.54) is 0 Å². The summed E-state index contributed by atoms with van der Waals surface area (Å²) in [7, 11) is 0. The molecule has 116 valence electrons. The number of primary amides is 1. The molecule has 0 aliphatic rings. The number of alkyl carbamates (subject to hydrolysis) is 1. The Hall–Kier alpha value is -1.87. The summed E-state index contributed by atoms with van der Waals surface area (Å²) < 4.78 is 4.95. The summed E-state index contributed by atoms with van der Waals surface area (Å²) in [5, 5.41) is 22.9. The first-order valence-electron chi connectivity index (χ1n) is 5.94. The molecule has 6 N–H and O–H groups in total. The van der Waals surface area contributed by atoms with Crippen LogP contribution in [0.4, 0.5) is 4.79 Å². The molecule has 9 nitrogen and oxygen atoms in total. The normalized spacial score (nSPS) is 14.1. The molecule has 0 saturated heterocycles. The van der Waals surface area contributed by atoms with E-state index in [0.29, 0.717) is 0 Å². The van der Waals surface area contributed by atoms with E-state index in [4.69, 9.17) is 15.6 Å². The molecular formula is C11H21N3O6. The zero-order valence-corrected chi connectivity index (χ0v) is 11.7. The van der Waals surface area contributed by atoms with Crippen molar-refractivity contribution in [3.8, 4) is 0 Å². The molecule has 2 atom stereocenters. The van der Waals surface area contributed by atoms with E-state index in [0.717, 1.165) is 0 Å². The average Bonchev–Trinajstić information content (AvgIpc) is 2.30. The van der Waals surface area contributed by atoms with E-state index in [2.05, 4.69) is 10.6 Å². The molecule has 0 heterocycles. The first kappa shape index (κ1) is 18.1. The number of carbonyl (C=O) groups excluding carboxylic acids is 3. The minimum absolute atomic E-state index is 0.0133. The van der Waals surface area contributed by atoms with Crippen molar-refractivity contribution < 1.29 is 29.3 Å². The lowest BCUT2D eigenvalue weighted by Gasteiger charge is -2.20. The number of hydrogen-bond donors (Lipinski definition) is 5. The predicted molar refractivity (Wildman–Crippen MR) is 68.5 cm³/mol. The third kappa shape index (κ3) is 7.54. The molecule has 0 spiro atoms. The molecule has 0 saturated carbocycles. The third-order valence-electron chi connectivity index (χ3n) is 1.95. The highest BCUT2D eigenvalue weighted by Gasteiger charge is 2.28. The van der Waals surface area contributed by atoms with E-state index in [-0.39, 0.29) is 13.1 Å². The van der Waals surface area contributed by atoms with Crippen molar-refractivity contribution in [3.63, 3.8) is 0 Å². The lowest BCUT2D eigenvalue weighted by atomic mass is 10.2. The first-order valence-corrected chi connectivity index (χ1v) is 5.94. The summed E-state index contributed by atoms with van der Waals surface area (Å²) in [5.74, 6) is -2.18. The van der Waals surface area contributed by atoms with E-state index < -0.39 is 35.7 Å². The van der Waals surface area contributed by atoms with Gasteiger partial charge >= 0.3 is 6.09 Å². The molecule has 3 amide bonds. The molecule has 0 aromatic rings. The molecule has 2 unspecified atom stereocenters. The number of amides is 3. The van der Waals surface area contributed by atoms with Gasteiger partial charge in [-0.2, -0.15) is 0 Å². The molecule has 0 aromatic carbocycles. The number of rotatable bonds is 6. The summed E-state index contributed by atoms with van der Waals surface area (Å²) in [6.07, 6.45) is -4.58. The smallest absolute Gasteiger partial charge is 0.407 e. The van der Waals surface area contributed by atoms with Crippen molar-refractivity contribution in [1.82, 2.24) is 10.6 Å². The van der Waals surface area contributed by atoms with Crippen LogP contribution in [0.1, 0.15) is 20.8 Å². The topological polar surface area (TPSA) is 151 Å². The third-order valence-corrected chi connectivity index (χ3v) is 1.95. The Morgan fingerprint density at radius 3 is 2.05 bits per heavy atom. The fraction of sp³-hybridized carbons (Fsp3) is 0.727. The second-order valence-electron chi connectivity index (χ2n) is 5.01. The molecule has 0 bridgehead atoms. The number of aliphatic hydroxyl groups excluding tert-OH is 2. The number of aliphatic hydroxyl groups is 2. The van der Waals surface area contributed by atoms with Crippen LogP contribution in [0.5, 0.6) is 0 Å². The standard InChI is InChI=1S/C11H21N3O6/c1-11(2,3)20-10(19)14-5-4-13-9(18)7(16)6(15)8(12)17/h6-7,15-16H,4-5H2,1-3H3,(H2,12,17)(H,13,18)(H,14,19). The summed E-state index contributed by atoms with van der Waals surface area (Å²) in [4.78, 5) is 33.1. The summed E-state index contributed by atoms with van der Waals surface area (Å²) in [5.41, 5.74) is 4.10. The zero-order valence-electron chi connectivity index (χ0n) is 11.7. The molecule has 0 aromatic heterocycles. The van der Waals surface area contributed by atoms with Gasteiger partial charge in [0.05, 0.1) is 0 Å². The van der Waals surface area contributed by atoms with Gasteiger partial charge in [-0.15, -0.1) is 0 Å². The van der Waals surface area contributed by atoms with E-state index in [9.17, 15) is 19.5 Å². The maximum Gasteiger partial charge on any atom is 0.407 e. The van der Waals surface area contributed by atoms with Crippen LogP contribution < -0.4 is 16.4 Å². The van der Waals surface area contributed by atoms with Gasteiger partial charge in [-0.25, -0.2) is 4.79 Å². The van der Waals surface area contributed by atoms with Crippen LogP contribution in [0.2, 0.25) is 0 Å². The Morgan fingerprint density at radius 1 is 1.10 bits per heavy atom. The highest BCUT2D eigenvalue weighted by Crippen LogP contribution is 2.05. The molecular weight excluding hydrogens is 270 g/mol. The Labute approximate surface area is 116 Å². The van der Waals surface area contributed by atoms with Crippen LogP contribution in [0.15, 0.2) is 0 Å². The van der Waals surface area contributed by atoms with E-state index in [1.807, 2.05) is 0 Å². The van der Waals surface area contributed by atoms with Crippen LogP contribution in [-0.4, -0.2) is 59.0 Å². The van der Waals surface area contributed by atoms with Crippen LogP contribution in [0.25, 0.3) is 0 Å². The molecule has 0 aliphatic carbocycles. The van der Waals surface area contributed by atoms with Gasteiger partial charge < -0.3 is 31.3 Å². The van der Waals surface area contributed by atoms with Crippen molar-refractivity contribution in [3.05, 3.63) is 0 Å². The zero-order chi connectivity index (χ0) is 15.9. The number of nitrogens with two attached hydrogens (primary N) is 1. The quantitative estimate of drug-likeness (QED) is 0.351. The van der Waals surface area contributed by atoms with Crippen LogP contribution in [0.3, 0.4) is 0 Å². The maximum atomic E-state index is 11.3.